The Morgan fingerprint density at radius 1 is 1.20 bits per heavy atom. The molecule has 0 bridgehead atoms. The van der Waals surface area contributed by atoms with Crippen molar-refractivity contribution in [2.75, 3.05) is 11.1 Å². The monoisotopic (exact) mass is 270 g/mol. The molecule has 0 aliphatic carbocycles. The first kappa shape index (κ1) is 12.2. The van der Waals surface area contributed by atoms with Crippen LogP contribution in [-0.2, 0) is 0 Å². The normalized spacial score (nSPS) is 10.7. The maximum atomic E-state index is 13.7. The Morgan fingerprint density at radius 3 is 2.65 bits per heavy atom. The first-order valence-electron chi connectivity index (χ1n) is 5.94. The third kappa shape index (κ3) is 1.97. The van der Waals surface area contributed by atoms with Crippen LogP contribution in [0.5, 0.6) is 0 Å². The molecule has 1 heterocycles. The molecule has 3 rings (SSSR count). The molecule has 4 N–H and O–H groups in total. The predicted octanol–water partition coefficient (Wildman–Crippen LogP) is 2.54. The number of aromatic amines is 1. The second kappa shape index (κ2) is 4.65. The van der Waals surface area contributed by atoms with Gasteiger partial charge in [-0.15, -0.1) is 0 Å². The van der Waals surface area contributed by atoms with E-state index in [-0.39, 0.29) is 11.7 Å². The van der Waals surface area contributed by atoms with Crippen molar-refractivity contribution in [3.05, 3.63) is 54.0 Å². The van der Waals surface area contributed by atoms with E-state index in [1.807, 2.05) is 0 Å². The number of halogens is 1. The van der Waals surface area contributed by atoms with Crippen molar-refractivity contribution in [2.24, 2.45) is 0 Å². The van der Waals surface area contributed by atoms with Crippen molar-refractivity contribution in [3.63, 3.8) is 0 Å². The highest BCUT2D eigenvalue weighted by Crippen LogP contribution is 2.23. The summed E-state index contributed by atoms with van der Waals surface area (Å²) in [5.74, 6) is -0.418. The first-order chi connectivity index (χ1) is 9.66. The van der Waals surface area contributed by atoms with E-state index in [0.717, 1.165) is 0 Å². The van der Waals surface area contributed by atoms with Crippen LogP contribution in [0.15, 0.2) is 42.6 Å². The second-order valence-corrected chi connectivity index (χ2v) is 4.29. The highest BCUT2D eigenvalue weighted by Gasteiger charge is 2.14. The molecule has 0 fully saturated rings. The molecular formula is C14H11FN4O. The summed E-state index contributed by atoms with van der Waals surface area (Å²) in [7, 11) is 0. The maximum absolute atomic E-state index is 13.7. The number of carbonyl (C=O) groups is 1. The molecule has 1 amide bonds. The van der Waals surface area contributed by atoms with Gasteiger partial charge in [0.15, 0.2) is 5.82 Å². The zero-order chi connectivity index (χ0) is 14.1. The highest BCUT2D eigenvalue weighted by molar-refractivity contribution is 6.13. The summed E-state index contributed by atoms with van der Waals surface area (Å²) in [6.07, 6.45) is 1.40. The van der Waals surface area contributed by atoms with Gasteiger partial charge in [-0.05, 0) is 17.5 Å². The van der Waals surface area contributed by atoms with Crippen LogP contribution < -0.4 is 11.1 Å². The number of fused-ring (bicyclic) bond motifs is 1. The van der Waals surface area contributed by atoms with Gasteiger partial charge in [-0.2, -0.15) is 5.10 Å². The van der Waals surface area contributed by atoms with E-state index in [2.05, 4.69) is 15.5 Å². The Morgan fingerprint density at radius 2 is 1.95 bits per heavy atom. The van der Waals surface area contributed by atoms with Gasteiger partial charge in [0.1, 0.15) is 5.82 Å². The van der Waals surface area contributed by atoms with Crippen LogP contribution in [0.25, 0.3) is 10.8 Å². The Kier molecular flexibility index (Phi) is 2.83. The average molecular weight is 270 g/mol. The van der Waals surface area contributed by atoms with Gasteiger partial charge >= 0.3 is 0 Å². The number of nitrogens with zero attached hydrogens (tertiary/aromatic N) is 1. The summed E-state index contributed by atoms with van der Waals surface area (Å²) in [5, 5.41) is 9.86. The fourth-order valence-electron chi connectivity index (χ4n) is 2.04. The number of nitrogens with two attached hydrogens (primary N) is 1. The molecule has 0 saturated heterocycles. The standard InChI is InChI=1S/C14H11FN4O/c15-11-6-5-10(8-3-1-2-4-9(8)11)14(20)18-13-12(16)7-17-19-13/h1-7H,16H2,(H2,17,18,19,20). The Labute approximate surface area is 113 Å². The van der Waals surface area contributed by atoms with Gasteiger partial charge in [0.25, 0.3) is 5.91 Å². The van der Waals surface area contributed by atoms with Crippen molar-refractivity contribution in [1.82, 2.24) is 10.2 Å². The van der Waals surface area contributed by atoms with E-state index in [4.69, 9.17) is 5.73 Å². The first-order valence-corrected chi connectivity index (χ1v) is 5.94. The third-order valence-electron chi connectivity index (χ3n) is 3.02. The number of nitrogens with one attached hydrogen (secondary N) is 2. The highest BCUT2D eigenvalue weighted by atomic mass is 19.1. The van der Waals surface area contributed by atoms with Crippen molar-refractivity contribution in [1.29, 1.82) is 0 Å². The average Bonchev–Trinajstić information content (AvgIpc) is 2.85. The zero-order valence-electron chi connectivity index (χ0n) is 10.4. The Hall–Kier alpha value is -2.89. The van der Waals surface area contributed by atoms with Crippen LogP contribution in [-0.4, -0.2) is 16.1 Å². The van der Waals surface area contributed by atoms with Crippen LogP contribution in [0.3, 0.4) is 0 Å². The topological polar surface area (TPSA) is 83.8 Å². The molecule has 1 aromatic heterocycles. The van der Waals surface area contributed by atoms with Crippen LogP contribution in [0.2, 0.25) is 0 Å². The van der Waals surface area contributed by atoms with Crippen molar-refractivity contribution >= 4 is 28.2 Å². The summed E-state index contributed by atoms with van der Waals surface area (Å²) in [5.41, 5.74) is 6.34. The summed E-state index contributed by atoms with van der Waals surface area (Å²) in [6, 6.07) is 9.52. The molecule has 0 radical (unpaired) electrons. The summed E-state index contributed by atoms with van der Waals surface area (Å²) >= 11 is 0. The molecule has 0 spiro atoms. The molecule has 5 nitrogen and oxygen atoms in total. The largest absolute Gasteiger partial charge is 0.394 e. The Bertz CT molecular complexity index is 797. The number of anilines is 2. The fourth-order valence-corrected chi connectivity index (χ4v) is 2.04. The molecule has 6 heteroatoms. The van der Waals surface area contributed by atoms with Gasteiger partial charge in [-0.1, -0.05) is 24.3 Å². The lowest BCUT2D eigenvalue weighted by atomic mass is 10.0. The van der Waals surface area contributed by atoms with Gasteiger partial charge in [-0.25, -0.2) is 4.39 Å². The lowest BCUT2D eigenvalue weighted by Gasteiger charge is -2.08. The van der Waals surface area contributed by atoms with Crippen LogP contribution in [0, 0.1) is 5.82 Å². The summed E-state index contributed by atoms with van der Waals surface area (Å²) in [6.45, 7) is 0. The molecular weight excluding hydrogens is 259 g/mol. The molecule has 0 aliphatic heterocycles. The van der Waals surface area contributed by atoms with E-state index < -0.39 is 0 Å². The van der Waals surface area contributed by atoms with Gasteiger partial charge in [-0.3, -0.25) is 9.89 Å². The molecule has 2 aromatic carbocycles. The van der Waals surface area contributed by atoms with E-state index in [1.165, 1.54) is 18.3 Å². The smallest absolute Gasteiger partial charge is 0.257 e. The summed E-state index contributed by atoms with van der Waals surface area (Å²) < 4.78 is 13.7. The van der Waals surface area contributed by atoms with E-state index in [0.29, 0.717) is 27.8 Å². The molecule has 0 aliphatic rings. The number of carbonyl (C=O) groups excluding carboxylic acids is 1. The third-order valence-corrected chi connectivity index (χ3v) is 3.02. The van der Waals surface area contributed by atoms with Crippen molar-refractivity contribution in [3.8, 4) is 0 Å². The second-order valence-electron chi connectivity index (χ2n) is 4.29. The number of nitrogen functional groups attached to an aromatic ring is 1. The van der Waals surface area contributed by atoms with Crippen LogP contribution in [0.1, 0.15) is 10.4 Å². The lowest BCUT2D eigenvalue weighted by Crippen LogP contribution is -2.14. The van der Waals surface area contributed by atoms with Gasteiger partial charge in [0.05, 0.1) is 11.9 Å². The maximum Gasteiger partial charge on any atom is 0.257 e. The Balaban J connectivity index is 2.04. The molecule has 20 heavy (non-hydrogen) atoms. The van der Waals surface area contributed by atoms with Gasteiger partial charge in [0, 0.05) is 10.9 Å². The molecule has 0 atom stereocenters. The zero-order valence-corrected chi connectivity index (χ0v) is 10.4. The van der Waals surface area contributed by atoms with E-state index >= 15 is 0 Å². The van der Waals surface area contributed by atoms with Gasteiger partial charge in [0.2, 0.25) is 0 Å². The number of amides is 1. The minimum Gasteiger partial charge on any atom is -0.394 e. The minimum atomic E-state index is -0.378. The SMILES string of the molecule is Nc1cn[nH]c1NC(=O)c1ccc(F)c2ccccc12. The van der Waals surface area contributed by atoms with E-state index in [9.17, 15) is 9.18 Å². The van der Waals surface area contributed by atoms with E-state index in [1.54, 1.807) is 24.3 Å². The fraction of sp³-hybridized carbons (Fsp3) is 0. The molecule has 3 aromatic rings. The quantitative estimate of drug-likeness (QED) is 0.669. The number of benzene rings is 2. The number of rotatable bonds is 2. The van der Waals surface area contributed by atoms with Crippen molar-refractivity contribution in [2.45, 2.75) is 0 Å². The number of H-pyrrole nitrogens is 1. The van der Waals surface area contributed by atoms with Gasteiger partial charge < -0.3 is 11.1 Å². The lowest BCUT2D eigenvalue weighted by molar-refractivity contribution is 0.102. The molecule has 0 unspecified atom stereocenters. The number of aromatic nitrogens is 2. The van der Waals surface area contributed by atoms with Crippen LogP contribution in [0.4, 0.5) is 15.9 Å². The summed E-state index contributed by atoms with van der Waals surface area (Å²) in [4.78, 5) is 12.3. The van der Waals surface area contributed by atoms with Crippen LogP contribution >= 0.6 is 0 Å². The van der Waals surface area contributed by atoms with Crippen molar-refractivity contribution < 1.29 is 9.18 Å². The minimum absolute atomic E-state index is 0.323. The number of hydrogen-bond donors (Lipinski definition) is 3. The predicted molar refractivity (Wildman–Crippen MR) is 74.9 cm³/mol. The molecule has 100 valence electrons. The number of hydrogen-bond acceptors (Lipinski definition) is 3. The molecule has 0 saturated carbocycles.